The Kier molecular flexibility index (Phi) is 4.62. The molecular weight excluding hydrogens is 332 g/mol. The second kappa shape index (κ2) is 7.01. The molecule has 0 aliphatic rings. The molecule has 0 spiro atoms. The van der Waals surface area contributed by atoms with Gasteiger partial charge in [-0.2, -0.15) is 0 Å². The highest BCUT2D eigenvalue weighted by atomic mass is 35.5. The molecule has 24 heavy (non-hydrogen) atoms. The number of carbonyl (C=O) groups is 2. The number of aromatic nitrogens is 4. The zero-order valence-corrected chi connectivity index (χ0v) is 13.1. The van der Waals surface area contributed by atoms with Crippen molar-refractivity contribution in [3.05, 3.63) is 71.0 Å². The number of nitrogens with zero attached hydrogens (tertiary/aromatic N) is 4. The summed E-state index contributed by atoms with van der Waals surface area (Å²) in [7, 11) is 0. The van der Waals surface area contributed by atoms with Gasteiger partial charge in [-0.05, 0) is 59.0 Å². The van der Waals surface area contributed by atoms with Crippen molar-refractivity contribution in [2.24, 2.45) is 0 Å². The maximum atomic E-state index is 12.0. The van der Waals surface area contributed by atoms with E-state index in [9.17, 15) is 9.59 Å². The highest BCUT2D eigenvalue weighted by Crippen LogP contribution is 2.11. The van der Waals surface area contributed by atoms with E-state index in [0.29, 0.717) is 21.8 Å². The van der Waals surface area contributed by atoms with Crippen LogP contribution >= 0.6 is 11.6 Å². The molecule has 0 fully saturated rings. The molecule has 2 aromatic carbocycles. The second-order valence-corrected chi connectivity index (χ2v) is 5.24. The van der Waals surface area contributed by atoms with E-state index in [-0.39, 0.29) is 12.4 Å². The van der Waals surface area contributed by atoms with E-state index in [1.165, 1.54) is 11.0 Å². The van der Waals surface area contributed by atoms with Crippen molar-refractivity contribution in [2.75, 3.05) is 6.61 Å². The quantitative estimate of drug-likeness (QED) is 0.522. The van der Waals surface area contributed by atoms with Crippen molar-refractivity contribution in [1.29, 1.82) is 0 Å². The molecule has 1 aromatic heterocycles. The number of hydrogen-bond acceptors (Lipinski definition) is 6. The molecule has 0 bridgehead atoms. The minimum Gasteiger partial charge on any atom is -0.454 e. The molecule has 0 unspecified atom stereocenters. The van der Waals surface area contributed by atoms with Gasteiger partial charge in [0.05, 0.1) is 11.3 Å². The molecule has 0 aliphatic heterocycles. The van der Waals surface area contributed by atoms with E-state index in [4.69, 9.17) is 16.3 Å². The first kappa shape index (κ1) is 15.8. The summed E-state index contributed by atoms with van der Waals surface area (Å²) in [4.78, 5) is 23.9. The van der Waals surface area contributed by atoms with Crippen LogP contribution in [-0.4, -0.2) is 38.6 Å². The lowest BCUT2D eigenvalue weighted by Crippen LogP contribution is -2.14. The van der Waals surface area contributed by atoms with Crippen molar-refractivity contribution in [3.63, 3.8) is 0 Å². The Labute approximate surface area is 141 Å². The average molecular weight is 343 g/mol. The third-order valence-corrected chi connectivity index (χ3v) is 3.47. The van der Waals surface area contributed by atoms with Gasteiger partial charge in [-0.15, -0.1) is 5.10 Å². The van der Waals surface area contributed by atoms with Gasteiger partial charge in [0.25, 0.3) is 0 Å². The zero-order chi connectivity index (χ0) is 16.9. The Morgan fingerprint density at radius 3 is 2.29 bits per heavy atom. The monoisotopic (exact) mass is 342 g/mol. The van der Waals surface area contributed by atoms with Gasteiger partial charge in [0.15, 0.2) is 12.4 Å². The fourth-order valence-electron chi connectivity index (χ4n) is 1.96. The van der Waals surface area contributed by atoms with Gasteiger partial charge >= 0.3 is 5.97 Å². The van der Waals surface area contributed by atoms with Crippen molar-refractivity contribution >= 4 is 23.4 Å². The van der Waals surface area contributed by atoms with E-state index < -0.39 is 5.97 Å². The molecule has 0 amide bonds. The number of carbonyl (C=O) groups excluding carboxylic acids is 2. The molecule has 0 saturated heterocycles. The lowest BCUT2D eigenvalue weighted by molar-refractivity contribution is 0.0475. The van der Waals surface area contributed by atoms with Gasteiger partial charge in [0.1, 0.15) is 6.33 Å². The Hall–Kier alpha value is -3.06. The first-order valence-electron chi connectivity index (χ1n) is 6.93. The summed E-state index contributed by atoms with van der Waals surface area (Å²) in [5.74, 6) is -0.883. The number of benzene rings is 2. The van der Waals surface area contributed by atoms with E-state index in [1.54, 1.807) is 48.5 Å². The van der Waals surface area contributed by atoms with Gasteiger partial charge in [-0.3, -0.25) is 4.79 Å². The number of esters is 1. The van der Waals surface area contributed by atoms with Crippen molar-refractivity contribution in [1.82, 2.24) is 20.2 Å². The summed E-state index contributed by atoms with van der Waals surface area (Å²) in [6.07, 6.45) is 1.44. The fourth-order valence-corrected chi connectivity index (χ4v) is 2.09. The number of ketones is 1. The standard InChI is InChI=1S/C16H11ClN4O3/c17-13-5-1-11(2-6-13)15(22)9-24-16(23)12-3-7-14(8-4-12)21-10-18-19-20-21/h1-8,10H,9H2. The number of ether oxygens (including phenoxy) is 1. The second-order valence-electron chi connectivity index (χ2n) is 4.81. The van der Waals surface area contributed by atoms with Gasteiger partial charge in [-0.25, -0.2) is 9.48 Å². The van der Waals surface area contributed by atoms with Crippen LogP contribution in [0.15, 0.2) is 54.9 Å². The van der Waals surface area contributed by atoms with Crippen LogP contribution in [0.1, 0.15) is 20.7 Å². The molecule has 0 atom stereocenters. The molecule has 120 valence electrons. The normalized spacial score (nSPS) is 10.4. The highest BCUT2D eigenvalue weighted by molar-refractivity contribution is 6.30. The maximum Gasteiger partial charge on any atom is 0.338 e. The minimum absolute atomic E-state index is 0.301. The molecule has 3 rings (SSSR count). The van der Waals surface area contributed by atoms with Crippen LogP contribution in [0.2, 0.25) is 5.02 Å². The van der Waals surface area contributed by atoms with Gasteiger partial charge in [0.2, 0.25) is 0 Å². The third-order valence-electron chi connectivity index (χ3n) is 3.22. The highest BCUT2D eigenvalue weighted by Gasteiger charge is 2.12. The number of hydrogen-bond donors (Lipinski definition) is 0. The lowest BCUT2D eigenvalue weighted by Gasteiger charge is -2.05. The molecule has 0 saturated carbocycles. The van der Waals surface area contributed by atoms with E-state index in [1.807, 2.05) is 0 Å². The molecule has 8 heteroatoms. The van der Waals surface area contributed by atoms with Crippen molar-refractivity contribution in [2.45, 2.75) is 0 Å². The predicted molar refractivity (Wildman–Crippen MR) is 85.2 cm³/mol. The number of rotatable bonds is 5. The fraction of sp³-hybridized carbons (Fsp3) is 0.0625. The zero-order valence-electron chi connectivity index (χ0n) is 12.3. The van der Waals surface area contributed by atoms with Gasteiger partial charge in [0, 0.05) is 10.6 Å². The lowest BCUT2D eigenvalue weighted by atomic mass is 10.1. The molecule has 3 aromatic rings. The largest absolute Gasteiger partial charge is 0.454 e. The van der Waals surface area contributed by atoms with Crippen LogP contribution < -0.4 is 0 Å². The Morgan fingerprint density at radius 2 is 1.67 bits per heavy atom. The van der Waals surface area contributed by atoms with Crippen LogP contribution in [0.3, 0.4) is 0 Å². The van der Waals surface area contributed by atoms with Gasteiger partial charge in [-0.1, -0.05) is 11.6 Å². The Morgan fingerprint density at radius 1 is 1.00 bits per heavy atom. The Balaban J connectivity index is 1.60. The summed E-state index contributed by atoms with van der Waals surface area (Å²) in [5, 5.41) is 11.3. The summed E-state index contributed by atoms with van der Waals surface area (Å²) in [6.45, 7) is -0.338. The number of Topliss-reactive ketones (excluding diaryl/α,β-unsaturated/α-hetero) is 1. The first-order chi connectivity index (χ1) is 11.6. The minimum atomic E-state index is -0.583. The predicted octanol–water partition coefficient (Wildman–Crippen LogP) is 2.36. The molecule has 0 aliphatic carbocycles. The third kappa shape index (κ3) is 3.64. The first-order valence-corrected chi connectivity index (χ1v) is 7.30. The summed E-state index contributed by atoms with van der Waals surface area (Å²) in [6, 6.07) is 12.9. The van der Waals surface area contributed by atoms with Crippen molar-refractivity contribution < 1.29 is 14.3 Å². The Bertz CT molecular complexity index is 846. The SMILES string of the molecule is O=C(COC(=O)c1ccc(-n2cnnn2)cc1)c1ccc(Cl)cc1. The maximum absolute atomic E-state index is 12.0. The summed E-state index contributed by atoms with van der Waals surface area (Å²) < 4.78 is 6.49. The van der Waals surface area contributed by atoms with E-state index in [0.717, 1.165) is 0 Å². The van der Waals surface area contributed by atoms with E-state index >= 15 is 0 Å². The summed E-state index contributed by atoms with van der Waals surface area (Å²) >= 11 is 5.76. The van der Waals surface area contributed by atoms with Crippen LogP contribution in [0.5, 0.6) is 0 Å². The van der Waals surface area contributed by atoms with Crippen LogP contribution in [0, 0.1) is 0 Å². The average Bonchev–Trinajstić information content (AvgIpc) is 3.15. The van der Waals surface area contributed by atoms with Crippen LogP contribution in [-0.2, 0) is 4.74 Å². The van der Waals surface area contributed by atoms with Crippen molar-refractivity contribution in [3.8, 4) is 5.69 Å². The smallest absolute Gasteiger partial charge is 0.338 e. The van der Waals surface area contributed by atoms with E-state index in [2.05, 4.69) is 15.5 Å². The van der Waals surface area contributed by atoms with Crippen LogP contribution in [0.4, 0.5) is 0 Å². The molecular formula is C16H11ClN4O3. The molecule has 7 nitrogen and oxygen atoms in total. The molecule has 1 heterocycles. The number of halogens is 1. The number of tetrazole rings is 1. The molecule has 0 N–H and O–H groups in total. The topological polar surface area (TPSA) is 87.0 Å². The van der Waals surface area contributed by atoms with Crippen LogP contribution in [0.25, 0.3) is 5.69 Å². The van der Waals surface area contributed by atoms with Gasteiger partial charge < -0.3 is 4.74 Å². The molecule has 0 radical (unpaired) electrons. The summed E-state index contributed by atoms with van der Waals surface area (Å²) in [5.41, 5.74) is 1.46.